The van der Waals surface area contributed by atoms with E-state index in [-0.39, 0.29) is 12.4 Å². The molecule has 4 heteroatoms. The first-order chi connectivity index (χ1) is 8.31. The average molecular weight is 268 g/mol. The van der Waals surface area contributed by atoms with Gasteiger partial charge in [0.2, 0.25) is 0 Å². The summed E-state index contributed by atoms with van der Waals surface area (Å²) in [6.45, 7) is 5.66. The predicted octanol–water partition coefficient (Wildman–Crippen LogP) is 2.14. The van der Waals surface area contributed by atoms with E-state index in [1.54, 1.807) is 0 Å². The molecule has 100 valence electrons. The van der Waals surface area contributed by atoms with Crippen LogP contribution in [0, 0.1) is 6.92 Å². The van der Waals surface area contributed by atoms with E-state index in [2.05, 4.69) is 28.2 Å². The highest BCUT2D eigenvalue weighted by atomic mass is 35.5. The fourth-order valence-electron chi connectivity index (χ4n) is 3.06. The molecule has 2 aliphatic heterocycles. The molecule has 2 atom stereocenters. The van der Waals surface area contributed by atoms with Gasteiger partial charge < -0.3 is 5.32 Å². The van der Waals surface area contributed by atoms with Gasteiger partial charge in [-0.05, 0) is 43.4 Å². The molecule has 18 heavy (non-hydrogen) atoms. The van der Waals surface area contributed by atoms with Gasteiger partial charge in [-0.3, -0.25) is 9.88 Å². The predicted molar refractivity (Wildman–Crippen MR) is 76.1 cm³/mol. The van der Waals surface area contributed by atoms with Gasteiger partial charge in [-0.25, -0.2) is 0 Å². The quantitative estimate of drug-likeness (QED) is 0.890. The highest BCUT2D eigenvalue weighted by Crippen LogP contribution is 2.21. The summed E-state index contributed by atoms with van der Waals surface area (Å²) in [5, 5.41) is 3.73. The van der Waals surface area contributed by atoms with E-state index in [4.69, 9.17) is 0 Å². The number of fused-ring (bicyclic) bond motifs is 2. The molecule has 2 saturated heterocycles. The van der Waals surface area contributed by atoms with Gasteiger partial charge in [-0.2, -0.15) is 0 Å². The summed E-state index contributed by atoms with van der Waals surface area (Å²) in [6, 6.07) is 3.61. The maximum Gasteiger partial charge on any atom is 0.0315 e. The van der Waals surface area contributed by atoms with Gasteiger partial charge in [-0.1, -0.05) is 0 Å². The summed E-state index contributed by atoms with van der Waals surface area (Å²) in [5.74, 6) is 0. The van der Waals surface area contributed by atoms with Crippen molar-refractivity contribution in [3.8, 4) is 0 Å². The molecular formula is C14H22ClN3. The molecule has 0 aromatic carbocycles. The molecular weight excluding hydrogens is 246 g/mol. The van der Waals surface area contributed by atoms with Crippen LogP contribution >= 0.6 is 12.4 Å². The molecule has 0 radical (unpaired) electrons. The van der Waals surface area contributed by atoms with Gasteiger partial charge in [0.05, 0.1) is 0 Å². The summed E-state index contributed by atoms with van der Waals surface area (Å²) in [4.78, 5) is 6.82. The molecule has 3 heterocycles. The fraction of sp³-hybridized carbons (Fsp3) is 0.643. The monoisotopic (exact) mass is 267 g/mol. The Kier molecular flexibility index (Phi) is 4.60. The van der Waals surface area contributed by atoms with E-state index in [1.807, 2.05) is 12.4 Å². The molecule has 0 amide bonds. The highest BCUT2D eigenvalue weighted by molar-refractivity contribution is 5.85. The molecule has 0 aliphatic carbocycles. The molecule has 1 aromatic rings. The number of hydrogen-bond donors (Lipinski definition) is 1. The van der Waals surface area contributed by atoms with Crippen molar-refractivity contribution >= 4 is 12.4 Å². The van der Waals surface area contributed by atoms with Crippen molar-refractivity contribution in [1.82, 2.24) is 15.2 Å². The summed E-state index contributed by atoms with van der Waals surface area (Å²) < 4.78 is 0. The van der Waals surface area contributed by atoms with Crippen LogP contribution in [0.3, 0.4) is 0 Å². The smallest absolute Gasteiger partial charge is 0.0315 e. The third kappa shape index (κ3) is 3.02. The van der Waals surface area contributed by atoms with Gasteiger partial charge in [0.1, 0.15) is 0 Å². The van der Waals surface area contributed by atoms with Crippen LogP contribution in [0.2, 0.25) is 0 Å². The number of likely N-dealkylation sites (tertiary alicyclic amines) is 1. The summed E-state index contributed by atoms with van der Waals surface area (Å²) >= 11 is 0. The number of hydrogen-bond acceptors (Lipinski definition) is 3. The van der Waals surface area contributed by atoms with Crippen LogP contribution < -0.4 is 5.32 Å². The van der Waals surface area contributed by atoms with Crippen molar-refractivity contribution in [1.29, 1.82) is 0 Å². The van der Waals surface area contributed by atoms with E-state index >= 15 is 0 Å². The van der Waals surface area contributed by atoms with Crippen LogP contribution in [-0.4, -0.2) is 35.1 Å². The minimum absolute atomic E-state index is 0. The zero-order valence-corrected chi connectivity index (χ0v) is 11.7. The Morgan fingerprint density at radius 3 is 3.00 bits per heavy atom. The second-order valence-electron chi connectivity index (χ2n) is 5.46. The second-order valence-corrected chi connectivity index (χ2v) is 5.46. The number of nitrogens with zero attached hydrogens (tertiary/aromatic N) is 2. The molecule has 1 aromatic heterocycles. The molecule has 0 saturated carbocycles. The van der Waals surface area contributed by atoms with Crippen molar-refractivity contribution in [2.45, 2.75) is 44.8 Å². The number of halogens is 1. The van der Waals surface area contributed by atoms with Crippen molar-refractivity contribution in [3.63, 3.8) is 0 Å². The normalized spacial score (nSPS) is 27.6. The first-order valence-corrected chi connectivity index (χ1v) is 6.69. The lowest BCUT2D eigenvalue weighted by atomic mass is 10.1. The first-order valence-electron chi connectivity index (χ1n) is 6.69. The SMILES string of the molecule is Cc1ccncc1CN1CCC2CCC(C1)N2.Cl. The van der Waals surface area contributed by atoms with Crippen molar-refractivity contribution in [2.75, 3.05) is 13.1 Å². The maximum atomic E-state index is 4.24. The Balaban J connectivity index is 0.00000120. The minimum Gasteiger partial charge on any atom is -0.310 e. The van der Waals surface area contributed by atoms with Crippen LogP contribution in [0.1, 0.15) is 30.4 Å². The zero-order valence-electron chi connectivity index (χ0n) is 10.9. The average Bonchev–Trinajstić information content (AvgIpc) is 2.65. The van der Waals surface area contributed by atoms with Gasteiger partial charge in [0, 0.05) is 44.1 Å². The van der Waals surface area contributed by atoms with Crippen LogP contribution in [0.15, 0.2) is 18.5 Å². The lowest BCUT2D eigenvalue weighted by Gasteiger charge is -2.24. The number of aryl methyl sites for hydroxylation is 1. The lowest BCUT2D eigenvalue weighted by Crippen LogP contribution is -2.35. The third-order valence-corrected chi connectivity index (χ3v) is 4.15. The molecule has 2 fully saturated rings. The van der Waals surface area contributed by atoms with E-state index in [0.29, 0.717) is 0 Å². The van der Waals surface area contributed by atoms with Crippen molar-refractivity contribution in [3.05, 3.63) is 29.6 Å². The molecule has 2 bridgehead atoms. The molecule has 3 rings (SSSR count). The summed E-state index contributed by atoms with van der Waals surface area (Å²) in [6.07, 6.45) is 7.93. The van der Waals surface area contributed by atoms with Crippen LogP contribution in [0.25, 0.3) is 0 Å². The van der Waals surface area contributed by atoms with Crippen molar-refractivity contribution < 1.29 is 0 Å². The van der Waals surface area contributed by atoms with E-state index in [1.165, 1.54) is 43.5 Å². The first kappa shape index (κ1) is 13.8. The number of aromatic nitrogens is 1. The fourth-order valence-corrected chi connectivity index (χ4v) is 3.06. The van der Waals surface area contributed by atoms with Gasteiger partial charge in [0.15, 0.2) is 0 Å². The minimum atomic E-state index is 0. The maximum absolute atomic E-state index is 4.24. The molecule has 2 aliphatic rings. The van der Waals surface area contributed by atoms with Crippen LogP contribution in [0.5, 0.6) is 0 Å². The Labute approximate surface area is 115 Å². The summed E-state index contributed by atoms with van der Waals surface area (Å²) in [5.41, 5.74) is 2.74. The second kappa shape index (κ2) is 6.00. The van der Waals surface area contributed by atoms with E-state index in [9.17, 15) is 0 Å². The number of nitrogens with one attached hydrogen (secondary N) is 1. The molecule has 3 nitrogen and oxygen atoms in total. The highest BCUT2D eigenvalue weighted by Gasteiger charge is 2.29. The van der Waals surface area contributed by atoms with Gasteiger partial charge in [0.25, 0.3) is 0 Å². The molecule has 2 unspecified atom stereocenters. The Hall–Kier alpha value is -0.640. The van der Waals surface area contributed by atoms with E-state index < -0.39 is 0 Å². The third-order valence-electron chi connectivity index (χ3n) is 4.15. The largest absolute Gasteiger partial charge is 0.310 e. The number of rotatable bonds is 2. The Morgan fingerprint density at radius 2 is 2.17 bits per heavy atom. The topological polar surface area (TPSA) is 28.2 Å². The molecule has 0 spiro atoms. The van der Waals surface area contributed by atoms with Crippen molar-refractivity contribution in [2.24, 2.45) is 0 Å². The lowest BCUT2D eigenvalue weighted by molar-refractivity contribution is 0.250. The standard InChI is InChI=1S/C14H21N3.ClH/c1-11-4-6-15-8-12(11)9-17-7-5-13-2-3-14(10-17)16-13;/h4,6,8,13-14,16H,2-3,5,7,9-10H2,1H3;1H. The Bertz CT molecular complexity index is 396. The van der Waals surface area contributed by atoms with Crippen LogP contribution in [-0.2, 0) is 6.54 Å². The van der Waals surface area contributed by atoms with E-state index in [0.717, 1.165) is 18.6 Å². The van der Waals surface area contributed by atoms with Crippen LogP contribution in [0.4, 0.5) is 0 Å². The zero-order chi connectivity index (χ0) is 11.7. The summed E-state index contributed by atoms with van der Waals surface area (Å²) in [7, 11) is 0. The molecule has 1 N–H and O–H groups in total. The van der Waals surface area contributed by atoms with Gasteiger partial charge in [-0.15, -0.1) is 12.4 Å². The Morgan fingerprint density at radius 1 is 1.33 bits per heavy atom. The van der Waals surface area contributed by atoms with Gasteiger partial charge >= 0.3 is 0 Å². The number of pyridine rings is 1.